The summed E-state index contributed by atoms with van der Waals surface area (Å²) in [5.41, 5.74) is 0.237. The molecule has 1 aromatic carbocycles. The number of aromatic nitrogens is 3. The zero-order chi connectivity index (χ0) is 16.7. The molecule has 0 saturated carbocycles. The molecule has 2 rings (SSSR count). The van der Waals surface area contributed by atoms with Gasteiger partial charge in [0.15, 0.2) is 5.69 Å². The van der Waals surface area contributed by atoms with Gasteiger partial charge in [-0.25, -0.2) is 0 Å². The second-order valence-electron chi connectivity index (χ2n) is 4.18. The first-order valence-electron chi connectivity index (χ1n) is 5.50. The summed E-state index contributed by atoms with van der Waals surface area (Å²) in [5, 5.41) is 8.62. The van der Waals surface area contributed by atoms with Crippen LogP contribution in [0.25, 0.3) is 11.3 Å². The van der Waals surface area contributed by atoms with Crippen LogP contribution in [0.2, 0.25) is 0 Å². The number of nitrogens with zero attached hydrogens (tertiary/aromatic N) is 2. The topological polar surface area (TPSA) is 84.7 Å². The highest BCUT2D eigenvalue weighted by Crippen LogP contribution is 2.38. The van der Waals surface area contributed by atoms with Gasteiger partial charge in [-0.05, 0) is 18.2 Å². The number of hydrogen-bond donors (Lipinski definition) is 2. The van der Waals surface area contributed by atoms with Crippen LogP contribution in [-0.4, -0.2) is 21.3 Å². The monoisotopic (exact) mass is 324 g/mol. The van der Waals surface area contributed by atoms with Crippen molar-refractivity contribution in [2.45, 2.75) is 12.4 Å². The predicted octanol–water partition coefficient (Wildman–Crippen LogP) is 2.61. The van der Waals surface area contributed by atoms with E-state index in [-0.39, 0.29) is 6.07 Å². The highest BCUT2D eigenvalue weighted by atomic mass is 19.4. The number of nitrogens with two attached hydrogens (primary N) is 1. The number of amides is 1. The van der Waals surface area contributed by atoms with Gasteiger partial charge in [-0.2, -0.15) is 41.8 Å². The van der Waals surface area contributed by atoms with Gasteiger partial charge in [-0.15, -0.1) is 0 Å². The molecular formula is C11H6F6N4O. The van der Waals surface area contributed by atoms with Crippen LogP contribution in [0.5, 0.6) is 0 Å². The fourth-order valence-corrected chi connectivity index (χ4v) is 1.70. The van der Waals surface area contributed by atoms with Gasteiger partial charge >= 0.3 is 12.4 Å². The minimum absolute atomic E-state index is 0.0342. The maximum absolute atomic E-state index is 12.7. The fraction of sp³-hybridized carbons (Fsp3) is 0.182. The van der Waals surface area contributed by atoms with Crippen LogP contribution in [0.3, 0.4) is 0 Å². The third kappa shape index (κ3) is 3.02. The van der Waals surface area contributed by atoms with E-state index in [1.165, 1.54) is 0 Å². The second kappa shape index (κ2) is 5.00. The molecule has 0 bridgehead atoms. The van der Waals surface area contributed by atoms with E-state index in [9.17, 15) is 31.1 Å². The molecule has 0 spiro atoms. The fourth-order valence-electron chi connectivity index (χ4n) is 1.70. The number of primary amides is 1. The molecular weight excluding hydrogens is 318 g/mol. The van der Waals surface area contributed by atoms with Crippen LogP contribution in [0.15, 0.2) is 18.2 Å². The average molecular weight is 324 g/mol. The first-order chi connectivity index (χ1) is 10.00. The Morgan fingerprint density at radius 2 is 1.45 bits per heavy atom. The highest BCUT2D eigenvalue weighted by molar-refractivity contribution is 5.96. The van der Waals surface area contributed by atoms with Crippen molar-refractivity contribution in [2.75, 3.05) is 0 Å². The summed E-state index contributed by atoms with van der Waals surface area (Å²) in [6, 6.07) is 0.826. The number of hydrogen-bond acceptors (Lipinski definition) is 3. The Morgan fingerprint density at radius 3 is 1.86 bits per heavy atom. The predicted molar refractivity (Wildman–Crippen MR) is 60.3 cm³/mol. The van der Waals surface area contributed by atoms with Crippen LogP contribution in [0.4, 0.5) is 26.3 Å². The van der Waals surface area contributed by atoms with Crippen molar-refractivity contribution in [3.8, 4) is 11.3 Å². The van der Waals surface area contributed by atoms with Crippen molar-refractivity contribution < 1.29 is 31.1 Å². The SMILES string of the molecule is NC(=O)c1n[nH]nc1-c1cc(C(F)(F)F)cc(C(F)(F)F)c1. The maximum Gasteiger partial charge on any atom is 0.416 e. The number of H-pyrrole nitrogens is 1. The van der Waals surface area contributed by atoms with Crippen molar-refractivity contribution in [1.29, 1.82) is 0 Å². The van der Waals surface area contributed by atoms with Crippen molar-refractivity contribution in [2.24, 2.45) is 5.73 Å². The van der Waals surface area contributed by atoms with Crippen molar-refractivity contribution in [1.82, 2.24) is 15.4 Å². The maximum atomic E-state index is 12.7. The molecule has 0 fully saturated rings. The van der Waals surface area contributed by atoms with E-state index in [0.717, 1.165) is 0 Å². The average Bonchev–Trinajstić information content (AvgIpc) is 2.85. The van der Waals surface area contributed by atoms with Gasteiger partial charge in [0.05, 0.1) is 11.1 Å². The standard InChI is InChI=1S/C11H6F6N4O/c12-10(13,14)5-1-4(2-6(3-5)11(15,16)17)7-8(9(18)22)20-21-19-7/h1-3H,(H2,18,22)(H,19,20,21). The van der Waals surface area contributed by atoms with Crippen molar-refractivity contribution in [3.05, 3.63) is 35.0 Å². The summed E-state index contributed by atoms with van der Waals surface area (Å²) in [4.78, 5) is 11.1. The Labute approximate surface area is 118 Å². The summed E-state index contributed by atoms with van der Waals surface area (Å²) < 4.78 is 76.4. The van der Waals surface area contributed by atoms with Gasteiger partial charge in [-0.3, -0.25) is 4.79 Å². The van der Waals surface area contributed by atoms with Crippen LogP contribution >= 0.6 is 0 Å². The first kappa shape index (κ1) is 15.8. The van der Waals surface area contributed by atoms with Gasteiger partial charge in [-0.1, -0.05) is 0 Å². The number of nitrogens with one attached hydrogen (secondary N) is 1. The van der Waals surface area contributed by atoms with Crippen LogP contribution in [-0.2, 0) is 12.4 Å². The van der Waals surface area contributed by atoms with Crippen LogP contribution in [0, 0.1) is 0 Å². The zero-order valence-electron chi connectivity index (χ0n) is 10.4. The molecule has 0 aliphatic carbocycles. The molecule has 0 aliphatic rings. The molecule has 0 saturated heterocycles. The Balaban J connectivity index is 2.70. The van der Waals surface area contributed by atoms with Gasteiger partial charge in [0, 0.05) is 5.56 Å². The van der Waals surface area contributed by atoms with Crippen molar-refractivity contribution in [3.63, 3.8) is 0 Å². The summed E-state index contributed by atoms with van der Waals surface area (Å²) in [5.74, 6) is -1.14. The molecule has 1 heterocycles. The lowest BCUT2D eigenvalue weighted by Crippen LogP contribution is -2.14. The van der Waals surface area contributed by atoms with Gasteiger partial charge in [0.2, 0.25) is 0 Å². The van der Waals surface area contributed by atoms with E-state index < -0.39 is 46.3 Å². The molecule has 5 nitrogen and oxygen atoms in total. The number of benzene rings is 1. The summed E-state index contributed by atoms with van der Waals surface area (Å²) >= 11 is 0. The molecule has 1 amide bonds. The van der Waals surface area contributed by atoms with Crippen LogP contribution in [0.1, 0.15) is 21.6 Å². The highest BCUT2D eigenvalue weighted by Gasteiger charge is 2.37. The molecule has 0 unspecified atom stereocenters. The molecule has 0 radical (unpaired) electrons. The lowest BCUT2D eigenvalue weighted by atomic mass is 10.0. The van der Waals surface area contributed by atoms with E-state index in [2.05, 4.69) is 10.2 Å². The van der Waals surface area contributed by atoms with E-state index in [1.54, 1.807) is 0 Å². The molecule has 22 heavy (non-hydrogen) atoms. The Hall–Kier alpha value is -2.59. The number of halogens is 6. The summed E-state index contributed by atoms with van der Waals surface area (Å²) in [6.45, 7) is 0. The van der Waals surface area contributed by atoms with E-state index >= 15 is 0 Å². The number of rotatable bonds is 2. The number of aromatic amines is 1. The van der Waals surface area contributed by atoms with Gasteiger partial charge in [0.25, 0.3) is 5.91 Å². The molecule has 0 atom stereocenters. The normalized spacial score (nSPS) is 12.5. The Bertz CT molecular complexity index is 686. The molecule has 0 aliphatic heterocycles. The van der Waals surface area contributed by atoms with E-state index in [1.807, 2.05) is 5.21 Å². The van der Waals surface area contributed by atoms with E-state index in [0.29, 0.717) is 12.1 Å². The number of carbonyl (C=O) groups excluding carboxylic acids is 1. The summed E-state index contributed by atoms with van der Waals surface area (Å²) in [6.07, 6.45) is -10.0. The second-order valence-corrected chi connectivity index (χ2v) is 4.18. The smallest absolute Gasteiger partial charge is 0.364 e. The Morgan fingerprint density at radius 1 is 0.955 bits per heavy atom. The Kier molecular flexibility index (Phi) is 3.59. The lowest BCUT2D eigenvalue weighted by Gasteiger charge is -2.13. The molecule has 11 heteroatoms. The van der Waals surface area contributed by atoms with Crippen molar-refractivity contribution >= 4 is 5.91 Å². The largest absolute Gasteiger partial charge is 0.416 e. The number of carbonyl (C=O) groups is 1. The van der Waals surface area contributed by atoms with Gasteiger partial charge in [0.1, 0.15) is 5.69 Å². The third-order valence-corrected chi connectivity index (χ3v) is 2.64. The molecule has 3 N–H and O–H groups in total. The zero-order valence-corrected chi connectivity index (χ0v) is 10.4. The minimum Gasteiger partial charge on any atom is -0.364 e. The van der Waals surface area contributed by atoms with Crippen LogP contribution < -0.4 is 5.73 Å². The molecule has 1 aromatic heterocycles. The lowest BCUT2D eigenvalue weighted by molar-refractivity contribution is -0.143. The quantitative estimate of drug-likeness (QED) is 0.833. The first-order valence-corrected chi connectivity index (χ1v) is 5.50. The third-order valence-electron chi connectivity index (χ3n) is 2.64. The van der Waals surface area contributed by atoms with E-state index in [4.69, 9.17) is 5.73 Å². The number of alkyl halides is 6. The van der Waals surface area contributed by atoms with Gasteiger partial charge < -0.3 is 5.73 Å². The minimum atomic E-state index is -5.01. The molecule has 2 aromatic rings. The summed E-state index contributed by atoms with van der Waals surface area (Å²) in [7, 11) is 0. The molecule has 118 valence electrons.